The van der Waals surface area contributed by atoms with E-state index in [1.54, 1.807) is 18.2 Å². The van der Waals surface area contributed by atoms with Crippen LogP contribution in [0.3, 0.4) is 0 Å². The number of hydrogen-bond acceptors (Lipinski definition) is 0. The Labute approximate surface area is 136 Å². The zero-order chi connectivity index (χ0) is 14.2. The Kier molecular flexibility index (Phi) is 4.88. The summed E-state index contributed by atoms with van der Waals surface area (Å²) in [6.45, 7) is 0. The average molecular weight is 431 g/mol. The van der Waals surface area contributed by atoms with E-state index in [0.717, 1.165) is 16.6 Å². The lowest BCUT2D eigenvalue weighted by Gasteiger charge is -2.15. The molecule has 0 nitrogen and oxygen atoms in total. The fourth-order valence-electron chi connectivity index (χ4n) is 1.61. The number of hydrogen-bond donors (Lipinski definition) is 0. The molecule has 0 heterocycles. The molecular formula is C13H6Br2Cl2F2. The van der Waals surface area contributed by atoms with Gasteiger partial charge in [0.25, 0.3) is 0 Å². The van der Waals surface area contributed by atoms with Crippen LogP contribution in [0.2, 0.25) is 10.0 Å². The number of halogens is 6. The topological polar surface area (TPSA) is 0 Å². The van der Waals surface area contributed by atoms with Gasteiger partial charge >= 0.3 is 0 Å². The second-order valence-electron chi connectivity index (χ2n) is 3.82. The Balaban J connectivity index is 2.52. The molecule has 0 saturated heterocycles. The molecule has 19 heavy (non-hydrogen) atoms. The van der Waals surface area contributed by atoms with Crippen LogP contribution >= 0.6 is 55.1 Å². The number of benzene rings is 2. The number of rotatable bonds is 2. The Bertz CT molecular complexity index is 632. The van der Waals surface area contributed by atoms with Gasteiger partial charge in [0.15, 0.2) is 11.6 Å². The molecule has 0 spiro atoms. The predicted octanol–water partition coefficient (Wildman–Crippen LogP) is 6.52. The standard InChI is InChI=1S/C13H6Br2Cl2F2/c14-6-1-2-9(16)7(3-6)13(15)8-4-11(18)12(19)5-10(8)17/h1-5,13H. The summed E-state index contributed by atoms with van der Waals surface area (Å²) in [5, 5.41) is 0.641. The molecule has 0 saturated carbocycles. The zero-order valence-electron chi connectivity index (χ0n) is 9.23. The maximum Gasteiger partial charge on any atom is 0.160 e. The van der Waals surface area contributed by atoms with Crippen molar-refractivity contribution in [2.75, 3.05) is 0 Å². The fourth-order valence-corrected chi connectivity index (χ4v) is 3.49. The Morgan fingerprint density at radius 3 is 2.16 bits per heavy atom. The summed E-state index contributed by atoms with van der Waals surface area (Å²) < 4.78 is 27.2. The highest BCUT2D eigenvalue weighted by atomic mass is 79.9. The lowest BCUT2D eigenvalue weighted by molar-refractivity contribution is 0.507. The Morgan fingerprint density at radius 1 is 0.895 bits per heavy atom. The van der Waals surface area contributed by atoms with Crippen molar-refractivity contribution in [3.8, 4) is 0 Å². The first-order chi connectivity index (χ1) is 8.90. The van der Waals surface area contributed by atoms with Gasteiger partial charge in [-0.25, -0.2) is 8.78 Å². The van der Waals surface area contributed by atoms with Crippen molar-refractivity contribution in [3.05, 3.63) is 67.6 Å². The van der Waals surface area contributed by atoms with Crippen LogP contribution in [-0.4, -0.2) is 0 Å². The molecule has 0 amide bonds. The largest absolute Gasteiger partial charge is 0.204 e. The first kappa shape index (κ1) is 15.2. The van der Waals surface area contributed by atoms with E-state index >= 15 is 0 Å². The minimum absolute atomic E-state index is 0.136. The molecule has 1 unspecified atom stereocenters. The van der Waals surface area contributed by atoms with E-state index < -0.39 is 16.5 Å². The van der Waals surface area contributed by atoms with Crippen molar-refractivity contribution >= 4 is 55.1 Å². The van der Waals surface area contributed by atoms with Crippen LogP contribution < -0.4 is 0 Å². The van der Waals surface area contributed by atoms with Crippen LogP contribution in [0, 0.1) is 11.6 Å². The molecule has 100 valence electrons. The molecule has 0 aromatic heterocycles. The molecule has 0 bridgehead atoms. The second-order valence-corrected chi connectivity index (χ2v) is 6.46. The predicted molar refractivity (Wildman–Crippen MR) is 81.3 cm³/mol. The highest BCUT2D eigenvalue weighted by molar-refractivity contribution is 9.10. The molecule has 0 radical (unpaired) electrons. The lowest BCUT2D eigenvalue weighted by Crippen LogP contribution is -1.98. The SMILES string of the molecule is Fc1cc(Cl)c(C(Br)c2cc(Br)ccc2Cl)cc1F. The van der Waals surface area contributed by atoms with Crippen molar-refractivity contribution in [2.45, 2.75) is 4.83 Å². The molecule has 0 fully saturated rings. The van der Waals surface area contributed by atoms with E-state index in [-0.39, 0.29) is 5.02 Å². The van der Waals surface area contributed by atoms with Gasteiger partial charge in [-0.1, -0.05) is 55.1 Å². The molecule has 2 rings (SSSR count). The van der Waals surface area contributed by atoms with Gasteiger partial charge in [0.2, 0.25) is 0 Å². The minimum Gasteiger partial charge on any atom is -0.204 e. The normalized spacial score (nSPS) is 12.5. The van der Waals surface area contributed by atoms with Crippen LogP contribution in [0.15, 0.2) is 34.8 Å². The van der Waals surface area contributed by atoms with Crippen molar-refractivity contribution in [1.82, 2.24) is 0 Å². The van der Waals surface area contributed by atoms with Crippen LogP contribution in [0.4, 0.5) is 8.78 Å². The van der Waals surface area contributed by atoms with E-state index in [1.807, 2.05) is 0 Å². The summed E-state index contributed by atoms with van der Waals surface area (Å²) in [6.07, 6.45) is 0. The van der Waals surface area contributed by atoms with E-state index in [4.69, 9.17) is 23.2 Å². The van der Waals surface area contributed by atoms with Crippen molar-refractivity contribution < 1.29 is 8.78 Å². The van der Waals surface area contributed by atoms with Crippen LogP contribution in [0.5, 0.6) is 0 Å². The molecule has 0 aliphatic heterocycles. The highest BCUT2D eigenvalue weighted by Crippen LogP contribution is 2.40. The monoisotopic (exact) mass is 428 g/mol. The minimum atomic E-state index is -0.978. The maximum atomic E-state index is 13.3. The molecule has 1 atom stereocenters. The van der Waals surface area contributed by atoms with Crippen molar-refractivity contribution in [1.29, 1.82) is 0 Å². The molecule has 0 N–H and O–H groups in total. The lowest BCUT2D eigenvalue weighted by atomic mass is 10.0. The van der Waals surface area contributed by atoms with Gasteiger partial charge in [0, 0.05) is 14.5 Å². The Morgan fingerprint density at radius 2 is 1.47 bits per heavy atom. The average Bonchev–Trinajstić information content (AvgIpc) is 2.36. The zero-order valence-corrected chi connectivity index (χ0v) is 13.9. The first-order valence-corrected chi connectivity index (χ1v) is 7.60. The van der Waals surface area contributed by atoms with E-state index in [2.05, 4.69) is 31.9 Å². The van der Waals surface area contributed by atoms with Gasteiger partial charge in [-0.3, -0.25) is 0 Å². The molecular weight excluding hydrogens is 425 g/mol. The summed E-state index contributed by atoms with van der Waals surface area (Å²) in [5.74, 6) is -1.93. The summed E-state index contributed by atoms with van der Waals surface area (Å²) >= 11 is 18.8. The third kappa shape index (κ3) is 3.30. The fraction of sp³-hybridized carbons (Fsp3) is 0.0769. The van der Waals surface area contributed by atoms with Gasteiger partial charge in [-0.15, -0.1) is 0 Å². The van der Waals surface area contributed by atoms with Gasteiger partial charge in [0.1, 0.15) is 0 Å². The van der Waals surface area contributed by atoms with Crippen LogP contribution in [-0.2, 0) is 0 Å². The quantitative estimate of drug-likeness (QED) is 0.376. The number of alkyl halides is 1. The van der Waals surface area contributed by atoms with E-state index in [0.29, 0.717) is 16.1 Å². The molecule has 0 aliphatic carbocycles. The van der Waals surface area contributed by atoms with Gasteiger partial charge in [-0.05, 0) is 41.5 Å². The molecule has 2 aromatic rings. The van der Waals surface area contributed by atoms with E-state index in [9.17, 15) is 8.78 Å². The highest BCUT2D eigenvalue weighted by Gasteiger charge is 2.19. The molecule has 0 aliphatic rings. The maximum absolute atomic E-state index is 13.3. The van der Waals surface area contributed by atoms with Gasteiger partial charge < -0.3 is 0 Å². The summed E-state index contributed by atoms with van der Waals surface area (Å²) in [5.41, 5.74) is 1.13. The second kappa shape index (κ2) is 6.08. The molecule has 6 heteroatoms. The van der Waals surface area contributed by atoms with E-state index in [1.165, 1.54) is 0 Å². The summed E-state index contributed by atoms with van der Waals surface area (Å²) in [6, 6.07) is 7.31. The molecule has 2 aromatic carbocycles. The summed E-state index contributed by atoms with van der Waals surface area (Å²) in [4.78, 5) is -0.430. The smallest absolute Gasteiger partial charge is 0.160 e. The van der Waals surface area contributed by atoms with Crippen molar-refractivity contribution in [3.63, 3.8) is 0 Å². The Hall–Kier alpha value is -0.160. The van der Waals surface area contributed by atoms with Crippen LogP contribution in [0.1, 0.15) is 16.0 Å². The first-order valence-electron chi connectivity index (χ1n) is 5.13. The third-order valence-corrected chi connectivity index (χ3v) is 4.70. The van der Waals surface area contributed by atoms with Gasteiger partial charge in [-0.2, -0.15) is 0 Å². The summed E-state index contributed by atoms with van der Waals surface area (Å²) in [7, 11) is 0. The van der Waals surface area contributed by atoms with Crippen LogP contribution in [0.25, 0.3) is 0 Å². The van der Waals surface area contributed by atoms with Crippen molar-refractivity contribution in [2.24, 2.45) is 0 Å². The third-order valence-electron chi connectivity index (χ3n) is 2.54. The van der Waals surface area contributed by atoms with Gasteiger partial charge in [0.05, 0.1) is 4.83 Å².